The largest absolute Gasteiger partial charge is 0.508 e. The molecular weight excluding hydrogens is 296 g/mol. The van der Waals surface area contributed by atoms with Crippen LogP contribution in [0.15, 0.2) is 59.7 Å². The van der Waals surface area contributed by atoms with Crippen molar-refractivity contribution in [3.63, 3.8) is 0 Å². The van der Waals surface area contributed by atoms with E-state index in [-0.39, 0.29) is 5.41 Å². The molecule has 0 aromatic heterocycles. The van der Waals surface area contributed by atoms with Gasteiger partial charge in [0.15, 0.2) is 0 Å². The van der Waals surface area contributed by atoms with Crippen molar-refractivity contribution in [2.45, 2.75) is 37.5 Å². The first-order valence-corrected chi connectivity index (χ1v) is 8.99. The highest BCUT2D eigenvalue weighted by atomic mass is 16.3. The highest BCUT2D eigenvalue weighted by molar-refractivity contribution is 5.57. The molecule has 2 atom stereocenters. The van der Waals surface area contributed by atoms with Crippen LogP contribution in [0.5, 0.6) is 11.5 Å². The van der Waals surface area contributed by atoms with E-state index in [1.165, 1.54) is 19.3 Å². The number of hydrogen-bond donors (Lipinski definition) is 2. The third-order valence-electron chi connectivity index (χ3n) is 6.71. The number of phenols is 2. The monoisotopic (exact) mass is 318 g/mol. The average molecular weight is 318 g/mol. The molecule has 122 valence electrons. The first-order valence-electron chi connectivity index (χ1n) is 8.99. The van der Waals surface area contributed by atoms with E-state index >= 15 is 0 Å². The summed E-state index contributed by atoms with van der Waals surface area (Å²) in [6, 6.07) is 15.4. The minimum Gasteiger partial charge on any atom is -0.508 e. The zero-order chi connectivity index (χ0) is 16.3. The second-order valence-electron chi connectivity index (χ2n) is 7.62. The molecule has 2 N–H and O–H groups in total. The van der Waals surface area contributed by atoms with Gasteiger partial charge in [0.2, 0.25) is 0 Å². The van der Waals surface area contributed by atoms with Gasteiger partial charge in [-0.1, -0.05) is 47.5 Å². The van der Waals surface area contributed by atoms with Crippen LogP contribution in [-0.4, -0.2) is 10.2 Å². The molecule has 2 aromatic carbocycles. The third kappa shape index (κ3) is 1.66. The Morgan fingerprint density at radius 1 is 0.875 bits per heavy atom. The average Bonchev–Trinajstić information content (AvgIpc) is 3.28. The van der Waals surface area contributed by atoms with E-state index in [0.29, 0.717) is 23.3 Å². The smallest absolute Gasteiger partial charge is 0.119 e. The van der Waals surface area contributed by atoms with Gasteiger partial charge < -0.3 is 10.2 Å². The summed E-state index contributed by atoms with van der Waals surface area (Å²) in [4.78, 5) is 0. The maximum absolute atomic E-state index is 10.7. The highest BCUT2D eigenvalue weighted by Gasteiger charge is 2.58. The Hall–Kier alpha value is -2.22. The topological polar surface area (TPSA) is 40.5 Å². The van der Waals surface area contributed by atoms with Crippen LogP contribution in [0.4, 0.5) is 0 Å². The Balaban J connectivity index is 1.79. The molecule has 2 fully saturated rings. The van der Waals surface area contributed by atoms with Crippen LogP contribution in [0.25, 0.3) is 0 Å². The van der Waals surface area contributed by atoms with Gasteiger partial charge >= 0.3 is 0 Å². The van der Waals surface area contributed by atoms with Gasteiger partial charge in [-0.2, -0.15) is 0 Å². The first-order chi connectivity index (χ1) is 11.7. The number of allylic oxidation sites excluding steroid dienone is 2. The fraction of sp³-hybridized carbons (Fsp3) is 0.364. The molecule has 2 nitrogen and oxygen atoms in total. The summed E-state index contributed by atoms with van der Waals surface area (Å²) in [5, 5.41) is 21.3. The van der Waals surface area contributed by atoms with Crippen molar-refractivity contribution in [3.8, 4) is 11.5 Å². The predicted octanol–water partition coefficient (Wildman–Crippen LogP) is 4.90. The van der Waals surface area contributed by atoms with Crippen molar-refractivity contribution in [2.75, 3.05) is 0 Å². The number of para-hydroxylation sites is 2. The number of fused-ring (bicyclic) bond motifs is 4. The summed E-state index contributed by atoms with van der Waals surface area (Å²) in [6.07, 6.45) is 5.87. The Labute approximate surface area is 142 Å². The Morgan fingerprint density at radius 2 is 1.50 bits per heavy atom. The summed E-state index contributed by atoms with van der Waals surface area (Å²) in [5.41, 5.74) is 4.97. The zero-order valence-corrected chi connectivity index (χ0v) is 13.7. The molecule has 2 unspecified atom stereocenters. The summed E-state index contributed by atoms with van der Waals surface area (Å²) in [7, 11) is 0. The lowest BCUT2D eigenvalue weighted by Crippen LogP contribution is -2.37. The van der Waals surface area contributed by atoms with E-state index < -0.39 is 0 Å². The normalized spacial score (nSPS) is 26.8. The molecule has 2 aromatic rings. The standard InChI is InChI=1S/C22H22O2/c23-20-10-3-1-8-17(20)22(18-9-2-4-11-21(18)24)13-14-12-19(22)16-7-5-6-15(14)16/h1-4,8-11,16,19,23-24H,5-7,12-13H2. The molecule has 24 heavy (non-hydrogen) atoms. The van der Waals surface area contributed by atoms with Gasteiger partial charge in [-0.15, -0.1) is 0 Å². The van der Waals surface area contributed by atoms with Gasteiger partial charge in [0, 0.05) is 16.5 Å². The van der Waals surface area contributed by atoms with Gasteiger partial charge in [-0.3, -0.25) is 0 Å². The van der Waals surface area contributed by atoms with E-state index in [4.69, 9.17) is 0 Å². The third-order valence-corrected chi connectivity index (χ3v) is 6.71. The van der Waals surface area contributed by atoms with E-state index in [1.807, 2.05) is 24.3 Å². The second-order valence-corrected chi connectivity index (χ2v) is 7.62. The van der Waals surface area contributed by atoms with Crippen LogP contribution in [0.1, 0.15) is 43.2 Å². The molecule has 2 bridgehead atoms. The van der Waals surface area contributed by atoms with Crippen LogP contribution >= 0.6 is 0 Å². The van der Waals surface area contributed by atoms with Crippen molar-refractivity contribution in [2.24, 2.45) is 11.8 Å². The van der Waals surface area contributed by atoms with Crippen LogP contribution in [0.3, 0.4) is 0 Å². The molecule has 3 aliphatic carbocycles. The highest BCUT2D eigenvalue weighted by Crippen LogP contribution is 2.66. The Morgan fingerprint density at radius 3 is 2.12 bits per heavy atom. The summed E-state index contributed by atoms with van der Waals surface area (Å²) < 4.78 is 0. The Bertz CT molecular complexity index is 803. The maximum atomic E-state index is 10.7. The fourth-order valence-corrected chi connectivity index (χ4v) is 5.90. The van der Waals surface area contributed by atoms with Crippen molar-refractivity contribution < 1.29 is 10.2 Å². The van der Waals surface area contributed by atoms with Gasteiger partial charge in [0.25, 0.3) is 0 Å². The van der Waals surface area contributed by atoms with Gasteiger partial charge in [-0.25, -0.2) is 0 Å². The van der Waals surface area contributed by atoms with Gasteiger partial charge in [0.05, 0.1) is 0 Å². The van der Waals surface area contributed by atoms with Crippen LogP contribution < -0.4 is 0 Å². The maximum Gasteiger partial charge on any atom is 0.119 e. The molecule has 0 saturated heterocycles. The molecule has 5 rings (SSSR count). The molecule has 0 aliphatic heterocycles. The van der Waals surface area contributed by atoms with E-state index in [2.05, 4.69) is 12.1 Å². The minimum atomic E-state index is -0.287. The number of benzene rings is 2. The SMILES string of the molecule is Oc1ccccc1C1(c2ccccc2O)CC2=C3CCCC3C1C2. The fourth-order valence-electron chi connectivity index (χ4n) is 5.90. The quantitative estimate of drug-likeness (QED) is 0.773. The lowest BCUT2D eigenvalue weighted by molar-refractivity contribution is 0.272. The minimum absolute atomic E-state index is 0.287. The molecule has 0 spiro atoms. The Kier molecular flexibility index (Phi) is 2.88. The number of hydrogen-bond acceptors (Lipinski definition) is 2. The molecule has 3 aliphatic rings. The van der Waals surface area contributed by atoms with E-state index in [0.717, 1.165) is 24.0 Å². The van der Waals surface area contributed by atoms with E-state index in [9.17, 15) is 10.2 Å². The molecule has 2 saturated carbocycles. The van der Waals surface area contributed by atoms with Crippen LogP contribution in [0, 0.1) is 11.8 Å². The summed E-state index contributed by atoms with van der Waals surface area (Å²) in [5.74, 6) is 1.81. The van der Waals surface area contributed by atoms with Gasteiger partial charge in [-0.05, 0) is 56.1 Å². The molecular formula is C22H22O2. The molecule has 0 heterocycles. The predicted molar refractivity (Wildman–Crippen MR) is 94.1 cm³/mol. The number of phenolic OH excluding ortho intramolecular Hbond substituents is 2. The van der Waals surface area contributed by atoms with E-state index in [1.54, 1.807) is 23.3 Å². The number of aromatic hydroxyl groups is 2. The molecule has 0 radical (unpaired) electrons. The van der Waals surface area contributed by atoms with Crippen LogP contribution in [-0.2, 0) is 5.41 Å². The molecule has 2 heteroatoms. The molecule has 0 amide bonds. The van der Waals surface area contributed by atoms with Crippen molar-refractivity contribution >= 4 is 0 Å². The summed E-state index contributed by atoms with van der Waals surface area (Å²) >= 11 is 0. The zero-order valence-electron chi connectivity index (χ0n) is 13.7. The second kappa shape index (κ2) is 4.89. The van der Waals surface area contributed by atoms with Gasteiger partial charge in [0.1, 0.15) is 11.5 Å². The lowest BCUT2D eigenvalue weighted by atomic mass is 9.61. The first kappa shape index (κ1) is 14.2. The number of rotatable bonds is 2. The van der Waals surface area contributed by atoms with Crippen molar-refractivity contribution in [1.29, 1.82) is 0 Å². The van der Waals surface area contributed by atoms with Crippen molar-refractivity contribution in [1.82, 2.24) is 0 Å². The summed E-state index contributed by atoms with van der Waals surface area (Å²) in [6.45, 7) is 0. The van der Waals surface area contributed by atoms with Crippen LogP contribution in [0.2, 0.25) is 0 Å². The van der Waals surface area contributed by atoms with Crippen molar-refractivity contribution in [3.05, 3.63) is 70.8 Å². The lowest BCUT2D eigenvalue weighted by Gasteiger charge is -2.42.